The first-order valence-electron chi connectivity index (χ1n) is 8.03. The van der Waals surface area contributed by atoms with Crippen molar-refractivity contribution in [2.75, 3.05) is 14.2 Å². The van der Waals surface area contributed by atoms with Crippen molar-refractivity contribution in [3.8, 4) is 0 Å². The summed E-state index contributed by atoms with van der Waals surface area (Å²) in [6, 6.07) is 1.21. The summed E-state index contributed by atoms with van der Waals surface area (Å²) in [6.07, 6.45) is 14.0. The maximum absolute atomic E-state index is 5.70. The van der Waals surface area contributed by atoms with Gasteiger partial charge in [-0.05, 0) is 18.9 Å². The summed E-state index contributed by atoms with van der Waals surface area (Å²) in [5.74, 6) is -0.822. The highest BCUT2D eigenvalue weighted by Crippen LogP contribution is 2.13. The molecule has 4 heteroatoms. The van der Waals surface area contributed by atoms with Crippen molar-refractivity contribution < 1.29 is 13.9 Å². The standard InChI is InChI=1S/C16H34O3Si/c1-5-6-7-8-9-10-11-12-13-14-15-20-19-16(2,17-3)18-4/h5H,1,6-15,20H2,2-4H3. The predicted octanol–water partition coefficient (Wildman–Crippen LogP) is 4.17. The van der Waals surface area contributed by atoms with Crippen molar-refractivity contribution in [1.29, 1.82) is 0 Å². The summed E-state index contributed by atoms with van der Waals surface area (Å²) >= 11 is 0. The highest BCUT2D eigenvalue weighted by molar-refractivity contribution is 6.27. The van der Waals surface area contributed by atoms with Crippen molar-refractivity contribution in [2.45, 2.75) is 76.7 Å². The Morgan fingerprint density at radius 3 is 1.90 bits per heavy atom. The smallest absolute Gasteiger partial charge is 0.269 e. The lowest BCUT2D eigenvalue weighted by Gasteiger charge is -2.26. The largest absolute Gasteiger partial charge is 0.376 e. The van der Waals surface area contributed by atoms with Gasteiger partial charge in [0, 0.05) is 21.1 Å². The lowest BCUT2D eigenvalue weighted by Crippen LogP contribution is -2.34. The summed E-state index contributed by atoms with van der Waals surface area (Å²) in [6.45, 7) is 5.57. The Bertz CT molecular complexity index is 218. The minimum Gasteiger partial charge on any atom is -0.376 e. The van der Waals surface area contributed by atoms with Gasteiger partial charge >= 0.3 is 0 Å². The minimum atomic E-state index is -0.822. The van der Waals surface area contributed by atoms with Crippen LogP contribution in [0.5, 0.6) is 0 Å². The first-order chi connectivity index (χ1) is 9.68. The van der Waals surface area contributed by atoms with Crippen LogP contribution in [-0.4, -0.2) is 30.0 Å². The Balaban J connectivity index is 3.19. The predicted molar refractivity (Wildman–Crippen MR) is 88.6 cm³/mol. The van der Waals surface area contributed by atoms with Crippen LogP contribution in [0.4, 0.5) is 0 Å². The van der Waals surface area contributed by atoms with Crippen molar-refractivity contribution in [3.63, 3.8) is 0 Å². The van der Waals surface area contributed by atoms with E-state index in [0.29, 0.717) is 0 Å². The summed E-state index contributed by atoms with van der Waals surface area (Å²) in [7, 11) is 2.71. The maximum Gasteiger partial charge on any atom is 0.269 e. The molecule has 0 N–H and O–H groups in total. The zero-order chi connectivity index (χ0) is 15.1. The highest BCUT2D eigenvalue weighted by Gasteiger charge is 2.22. The zero-order valence-electron chi connectivity index (χ0n) is 13.8. The molecule has 0 aliphatic rings. The first kappa shape index (κ1) is 19.8. The number of hydrogen-bond acceptors (Lipinski definition) is 3. The number of ether oxygens (including phenoxy) is 2. The maximum atomic E-state index is 5.70. The summed E-state index contributed by atoms with van der Waals surface area (Å²) in [5, 5.41) is 0. The molecule has 0 fully saturated rings. The zero-order valence-corrected chi connectivity index (χ0v) is 15.2. The monoisotopic (exact) mass is 302 g/mol. The second-order valence-electron chi connectivity index (χ2n) is 5.38. The van der Waals surface area contributed by atoms with E-state index in [2.05, 4.69) is 6.58 Å². The van der Waals surface area contributed by atoms with Gasteiger partial charge in [-0.1, -0.05) is 51.0 Å². The Morgan fingerprint density at radius 1 is 0.900 bits per heavy atom. The van der Waals surface area contributed by atoms with E-state index in [1.807, 2.05) is 13.0 Å². The number of methoxy groups -OCH3 is 2. The van der Waals surface area contributed by atoms with Crippen molar-refractivity contribution in [2.24, 2.45) is 0 Å². The first-order valence-corrected chi connectivity index (χ1v) is 9.61. The van der Waals surface area contributed by atoms with Gasteiger partial charge < -0.3 is 13.9 Å². The molecule has 0 unspecified atom stereocenters. The Labute approximate surface area is 128 Å². The molecule has 3 nitrogen and oxygen atoms in total. The molecule has 0 amide bonds. The van der Waals surface area contributed by atoms with Gasteiger partial charge in [-0.2, -0.15) is 0 Å². The van der Waals surface area contributed by atoms with Gasteiger partial charge in [-0.15, -0.1) is 6.58 Å². The van der Waals surface area contributed by atoms with E-state index in [0.717, 1.165) is 0 Å². The lowest BCUT2D eigenvalue weighted by atomic mass is 10.1. The van der Waals surface area contributed by atoms with Crippen molar-refractivity contribution in [3.05, 3.63) is 12.7 Å². The number of hydrogen-bond donors (Lipinski definition) is 0. The molecule has 0 aromatic carbocycles. The summed E-state index contributed by atoms with van der Waals surface area (Å²) in [4.78, 5) is 0. The Hall–Kier alpha value is -0.163. The van der Waals surface area contributed by atoms with E-state index in [9.17, 15) is 0 Å². The fourth-order valence-electron chi connectivity index (χ4n) is 2.09. The average Bonchev–Trinajstić information content (AvgIpc) is 2.48. The minimum absolute atomic E-state index is 0.528. The molecule has 0 bridgehead atoms. The SMILES string of the molecule is C=CCCCCCCCCCC[SiH2]OC(C)(OC)OC. The van der Waals surface area contributed by atoms with Gasteiger partial charge in [0.1, 0.15) is 0 Å². The molecule has 0 aromatic rings. The third-order valence-electron chi connectivity index (χ3n) is 3.66. The number of allylic oxidation sites excluding steroid dienone is 1. The second-order valence-corrected chi connectivity index (χ2v) is 6.78. The van der Waals surface area contributed by atoms with E-state index >= 15 is 0 Å². The molecule has 0 aromatic heterocycles. The molecule has 0 saturated carbocycles. The number of rotatable bonds is 15. The van der Waals surface area contributed by atoms with E-state index in [4.69, 9.17) is 13.9 Å². The molecule has 20 heavy (non-hydrogen) atoms. The van der Waals surface area contributed by atoms with E-state index in [1.54, 1.807) is 14.2 Å². The molecule has 0 spiro atoms. The third-order valence-corrected chi connectivity index (χ3v) is 5.18. The molecule has 120 valence electrons. The van der Waals surface area contributed by atoms with Crippen LogP contribution in [0.15, 0.2) is 12.7 Å². The van der Waals surface area contributed by atoms with Crippen LogP contribution in [0.2, 0.25) is 6.04 Å². The van der Waals surface area contributed by atoms with Crippen LogP contribution >= 0.6 is 0 Å². The topological polar surface area (TPSA) is 27.7 Å². The lowest BCUT2D eigenvalue weighted by molar-refractivity contribution is -0.310. The van der Waals surface area contributed by atoms with Gasteiger partial charge in [-0.25, -0.2) is 0 Å². The van der Waals surface area contributed by atoms with Gasteiger partial charge in [0.15, 0.2) is 9.76 Å². The van der Waals surface area contributed by atoms with E-state index < -0.39 is 15.7 Å². The van der Waals surface area contributed by atoms with E-state index in [1.165, 1.54) is 63.8 Å². The second kappa shape index (κ2) is 13.8. The average molecular weight is 303 g/mol. The van der Waals surface area contributed by atoms with Gasteiger partial charge in [-0.3, -0.25) is 0 Å². The number of unbranched alkanes of at least 4 members (excludes halogenated alkanes) is 8. The molecule has 0 atom stereocenters. The van der Waals surface area contributed by atoms with Crippen LogP contribution in [0, 0.1) is 0 Å². The Kier molecular flexibility index (Phi) is 13.7. The Morgan fingerprint density at radius 2 is 1.40 bits per heavy atom. The molecule has 0 rings (SSSR count). The molecular formula is C16H34O3Si. The van der Waals surface area contributed by atoms with Gasteiger partial charge in [0.25, 0.3) is 5.97 Å². The van der Waals surface area contributed by atoms with Gasteiger partial charge in [0.05, 0.1) is 0 Å². The molecule has 0 radical (unpaired) electrons. The van der Waals surface area contributed by atoms with Crippen molar-refractivity contribution in [1.82, 2.24) is 0 Å². The highest BCUT2D eigenvalue weighted by atomic mass is 28.2. The quantitative estimate of drug-likeness (QED) is 0.197. The van der Waals surface area contributed by atoms with Crippen molar-refractivity contribution >= 4 is 9.76 Å². The summed E-state index contributed by atoms with van der Waals surface area (Å²) < 4.78 is 16.0. The molecule has 0 saturated heterocycles. The summed E-state index contributed by atoms with van der Waals surface area (Å²) in [5.41, 5.74) is 0. The fourth-order valence-corrected chi connectivity index (χ4v) is 3.40. The third kappa shape index (κ3) is 11.6. The van der Waals surface area contributed by atoms with Gasteiger partial charge in [0.2, 0.25) is 0 Å². The van der Waals surface area contributed by atoms with Crippen LogP contribution in [0.1, 0.15) is 64.7 Å². The molecule has 0 heterocycles. The van der Waals surface area contributed by atoms with Crippen LogP contribution in [-0.2, 0) is 13.9 Å². The van der Waals surface area contributed by atoms with Crippen LogP contribution in [0.25, 0.3) is 0 Å². The molecule has 0 aliphatic carbocycles. The fraction of sp³-hybridized carbons (Fsp3) is 0.875. The van der Waals surface area contributed by atoms with Crippen LogP contribution < -0.4 is 0 Å². The van der Waals surface area contributed by atoms with Crippen LogP contribution in [0.3, 0.4) is 0 Å². The molecule has 0 aliphatic heterocycles. The normalized spacial score (nSPS) is 12.3. The molecular weight excluding hydrogens is 268 g/mol. The van der Waals surface area contributed by atoms with E-state index in [-0.39, 0.29) is 0 Å².